The third-order valence-electron chi connectivity index (χ3n) is 3.77. The molecule has 2 N–H and O–H groups in total. The zero-order valence-corrected chi connectivity index (χ0v) is 16.6. The fraction of sp³-hybridized carbons (Fsp3) is 0.150. The van der Waals surface area contributed by atoms with Crippen LogP contribution in [0.3, 0.4) is 0 Å². The lowest BCUT2D eigenvalue weighted by Gasteiger charge is -2.10. The Balaban J connectivity index is 1.80. The van der Waals surface area contributed by atoms with E-state index in [1.54, 1.807) is 30.3 Å². The zero-order valence-electron chi connectivity index (χ0n) is 15.1. The van der Waals surface area contributed by atoms with Gasteiger partial charge in [-0.05, 0) is 41.6 Å². The minimum atomic E-state index is -1.06. The molecule has 0 saturated heterocycles. The quantitative estimate of drug-likeness (QED) is 0.405. The van der Waals surface area contributed by atoms with Gasteiger partial charge in [0, 0.05) is 17.0 Å². The molecule has 28 heavy (non-hydrogen) atoms. The maximum atomic E-state index is 11.7. The van der Waals surface area contributed by atoms with E-state index in [1.165, 1.54) is 0 Å². The Morgan fingerprint density at radius 1 is 1.25 bits per heavy atom. The number of ether oxygens (including phenoxy) is 1. The number of hydrogen-bond donors (Lipinski definition) is 2. The minimum Gasteiger partial charge on any atom is -0.488 e. The van der Waals surface area contributed by atoms with Crippen LogP contribution in [0.1, 0.15) is 23.9 Å². The van der Waals surface area contributed by atoms with Crippen molar-refractivity contribution in [2.75, 3.05) is 0 Å². The standard InChI is InChI=1S/C20H18ClN3O3S/c1-2-18-22-20(24-23-18)28-17(19(25)26)11-14-5-3-4-6-16(14)27-12-13-7-9-15(21)10-8-13/h3-11H,2,12H2,1H3,(H,25,26)(H,22,23,24)/b17-11-. The predicted molar refractivity (Wildman–Crippen MR) is 109 cm³/mol. The van der Waals surface area contributed by atoms with Crippen LogP contribution in [0, 0.1) is 0 Å². The van der Waals surface area contributed by atoms with Gasteiger partial charge in [0.15, 0.2) is 0 Å². The summed E-state index contributed by atoms with van der Waals surface area (Å²) in [4.78, 5) is 16.0. The van der Waals surface area contributed by atoms with E-state index >= 15 is 0 Å². The molecule has 0 radical (unpaired) electrons. The Hall–Kier alpha value is -2.77. The Labute approximate surface area is 171 Å². The van der Waals surface area contributed by atoms with Gasteiger partial charge in [0.25, 0.3) is 0 Å². The topological polar surface area (TPSA) is 88.1 Å². The molecule has 0 spiro atoms. The molecule has 0 aliphatic carbocycles. The van der Waals surface area contributed by atoms with Crippen LogP contribution >= 0.6 is 23.4 Å². The second-order valence-corrected chi connectivity index (χ2v) is 7.23. The van der Waals surface area contributed by atoms with Gasteiger partial charge in [-0.2, -0.15) is 0 Å². The highest BCUT2D eigenvalue weighted by atomic mass is 35.5. The van der Waals surface area contributed by atoms with Crippen molar-refractivity contribution in [1.29, 1.82) is 0 Å². The number of carboxylic acid groups (broad SMARTS) is 1. The molecule has 3 aromatic rings. The first kappa shape index (κ1) is 20.0. The molecule has 0 atom stereocenters. The zero-order chi connectivity index (χ0) is 19.9. The van der Waals surface area contributed by atoms with E-state index in [0.717, 1.165) is 17.3 Å². The number of thioether (sulfide) groups is 1. The highest BCUT2D eigenvalue weighted by Crippen LogP contribution is 2.29. The summed E-state index contributed by atoms with van der Waals surface area (Å²) in [6.45, 7) is 2.29. The molecular formula is C20H18ClN3O3S. The van der Waals surface area contributed by atoms with Gasteiger partial charge >= 0.3 is 5.97 Å². The number of aromatic nitrogens is 3. The molecule has 0 amide bonds. The fourth-order valence-electron chi connectivity index (χ4n) is 2.33. The van der Waals surface area contributed by atoms with Crippen LogP contribution in [0.15, 0.2) is 58.6 Å². The van der Waals surface area contributed by atoms with E-state index in [4.69, 9.17) is 16.3 Å². The summed E-state index contributed by atoms with van der Waals surface area (Å²) in [7, 11) is 0. The number of para-hydroxylation sites is 1. The Morgan fingerprint density at radius 2 is 2.00 bits per heavy atom. The highest BCUT2D eigenvalue weighted by molar-refractivity contribution is 8.04. The first-order chi connectivity index (χ1) is 13.5. The molecule has 6 nitrogen and oxygen atoms in total. The third-order valence-corrected chi connectivity index (χ3v) is 4.90. The minimum absolute atomic E-state index is 0.101. The van der Waals surface area contributed by atoms with Crippen molar-refractivity contribution in [2.45, 2.75) is 25.1 Å². The number of carboxylic acids is 1. The van der Waals surface area contributed by atoms with Crippen molar-refractivity contribution < 1.29 is 14.6 Å². The molecule has 0 bridgehead atoms. The SMILES string of the molecule is CCc1nc(S/C(=C\c2ccccc2OCc2ccc(Cl)cc2)C(=O)O)n[nH]1. The van der Waals surface area contributed by atoms with Gasteiger partial charge < -0.3 is 9.84 Å². The molecule has 144 valence electrons. The number of halogens is 1. The van der Waals surface area contributed by atoms with Gasteiger partial charge in [0.05, 0.1) is 0 Å². The Kier molecular flexibility index (Phi) is 6.73. The summed E-state index contributed by atoms with van der Waals surface area (Å²) in [6, 6.07) is 14.6. The van der Waals surface area contributed by atoms with E-state index < -0.39 is 5.97 Å². The van der Waals surface area contributed by atoms with Gasteiger partial charge in [0.2, 0.25) is 5.16 Å². The van der Waals surface area contributed by atoms with Crippen molar-refractivity contribution in [2.24, 2.45) is 0 Å². The van der Waals surface area contributed by atoms with E-state index in [0.29, 0.717) is 40.3 Å². The number of hydrogen-bond acceptors (Lipinski definition) is 5. The van der Waals surface area contributed by atoms with Crippen molar-refractivity contribution >= 4 is 35.4 Å². The molecule has 1 heterocycles. The molecule has 0 unspecified atom stereocenters. The first-order valence-electron chi connectivity index (χ1n) is 8.55. The second kappa shape index (κ2) is 9.43. The third kappa shape index (κ3) is 5.37. The number of aromatic amines is 1. The number of H-pyrrole nitrogens is 1. The molecule has 2 aromatic carbocycles. The van der Waals surface area contributed by atoms with Crippen LogP contribution in [-0.2, 0) is 17.8 Å². The van der Waals surface area contributed by atoms with Gasteiger partial charge in [0.1, 0.15) is 23.1 Å². The molecule has 0 saturated carbocycles. The smallest absolute Gasteiger partial charge is 0.342 e. The summed E-state index contributed by atoms with van der Waals surface area (Å²) in [5.74, 6) is 0.236. The summed E-state index contributed by atoms with van der Waals surface area (Å²) in [5.41, 5.74) is 1.62. The van der Waals surface area contributed by atoms with E-state index in [9.17, 15) is 9.90 Å². The van der Waals surface area contributed by atoms with Gasteiger partial charge in [-0.3, -0.25) is 5.10 Å². The molecular weight excluding hydrogens is 398 g/mol. The van der Waals surface area contributed by atoms with Gasteiger partial charge in [-0.25, -0.2) is 9.78 Å². The van der Waals surface area contributed by atoms with Crippen LogP contribution in [-0.4, -0.2) is 26.3 Å². The normalized spacial score (nSPS) is 11.4. The number of nitrogens with one attached hydrogen (secondary N) is 1. The molecule has 0 aliphatic rings. The summed E-state index contributed by atoms with van der Waals surface area (Å²) in [6.07, 6.45) is 2.26. The van der Waals surface area contributed by atoms with Crippen LogP contribution in [0.2, 0.25) is 5.02 Å². The lowest BCUT2D eigenvalue weighted by atomic mass is 10.2. The summed E-state index contributed by atoms with van der Waals surface area (Å²) < 4.78 is 5.89. The summed E-state index contributed by atoms with van der Waals surface area (Å²) in [5, 5.41) is 17.4. The van der Waals surface area contributed by atoms with Gasteiger partial charge in [-0.15, -0.1) is 5.10 Å². The summed E-state index contributed by atoms with van der Waals surface area (Å²) >= 11 is 6.89. The molecule has 8 heteroatoms. The van der Waals surface area contributed by atoms with Crippen LogP contribution < -0.4 is 4.74 Å². The van der Waals surface area contributed by atoms with Gasteiger partial charge in [-0.1, -0.05) is 48.9 Å². The van der Waals surface area contributed by atoms with Crippen molar-refractivity contribution in [1.82, 2.24) is 15.2 Å². The lowest BCUT2D eigenvalue weighted by molar-refractivity contribution is -0.131. The fourth-order valence-corrected chi connectivity index (χ4v) is 3.17. The average Bonchev–Trinajstić information content (AvgIpc) is 3.15. The van der Waals surface area contributed by atoms with E-state index in [-0.39, 0.29) is 4.91 Å². The number of benzene rings is 2. The average molecular weight is 416 g/mol. The molecule has 3 rings (SSSR count). The number of aryl methyl sites for hydroxylation is 1. The van der Waals surface area contributed by atoms with Crippen molar-refractivity contribution in [3.63, 3.8) is 0 Å². The lowest BCUT2D eigenvalue weighted by Crippen LogP contribution is -1.99. The second-order valence-electron chi connectivity index (χ2n) is 5.79. The molecule has 0 aliphatic heterocycles. The van der Waals surface area contributed by atoms with Crippen LogP contribution in [0.25, 0.3) is 6.08 Å². The maximum Gasteiger partial charge on any atom is 0.342 e. The number of nitrogens with zero attached hydrogens (tertiary/aromatic N) is 2. The predicted octanol–water partition coefficient (Wildman–Crippen LogP) is 4.82. The van der Waals surface area contributed by atoms with E-state index in [1.807, 2.05) is 31.2 Å². The maximum absolute atomic E-state index is 11.7. The van der Waals surface area contributed by atoms with E-state index in [2.05, 4.69) is 15.2 Å². The number of rotatable bonds is 8. The highest BCUT2D eigenvalue weighted by Gasteiger charge is 2.14. The Bertz CT molecular complexity index is 986. The Morgan fingerprint density at radius 3 is 2.68 bits per heavy atom. The van der Waals surface area contributed by atoms with Crippen molar-refractivity contribution in [3.8, 4) is 5.75 Å². The molecule has 0 fully saturated rings. The number of aliphatic carboxylic acids is 1. The van der Waals surface area contributed by atoms with Crippen LogP contribution in [0.5, 0.6) is 5.75 Å². The monoisotopic (exact) mass is 415 g/mol. The largest absolute Gasteiger partial charge is 0.488 e. The van der Waals surface area contributed by atoms with Crippen molar-refractivity contribution in [3.05, 3.63) is 75.4 Å². The molecule has 1 aromatic heterocycles. The first-order valence-corrected chi connectivity index (χ1v) is 9.75. The van der Waals surface area contributed by atoms with Crippen LogP contribution in [0.4, 0.5) is 0 Å². The number of carbonyl (C=O) groups is 1.